The molecule has 1 aromatic heterocycles. The van der Waals surface area contributed by atoms with Gasteiger partial charge in [0, 0.05) is 17.6 Å². The Morgan fingerprint density at radius 1 is 1.42 bits per heavy atom. The number of nitrogens with zero attached hydrogens (tertiary/aromatic N) is 2. The number of anilines is 1. The number of hydrogen-bond acceptors (Lipinski definition) is 5. The standard InChI is InChI=1S/C16H22N4O3S/c1-10-15(11(2)19-18-10)24-14-7-5-4-6-13(14)17-16(23)20(3)8-12(22)9-21/h4-7,12,21-22H,8-9H2,1-3H3,(H,17,23)(H,18,19)/t12-/m0/s1. The maximum absolute atomic E-state index is 12.2. The maximum atomic E-state index is 12.2. The van der Waals surface area contributed by atoms with Crippen LogP contribution in [-0.4, -0.2) is 57.6 Å². The van der Waals surface area contributed by atoms with E-state index in [0.29, 0.717) is 5.69 Å². The first kappa shape index (κ1) is 18.3. The molecule has 130 valence electrons. The molecule has 0 radical (unpaired) electrons. The summed E-state index contributed by atoms with van der Waals surface area (Å²) in [6, 6.07) is 7.14. The van der Waals surface area contributed by atoms with Crippen LogP contribution in [0.5, 0.6) is 0 Å². The number of carbonyl (C=O) groups is 1. The molecule has 0 aliphatic rings. The van der Waals surface area contributed by atoms with Crippen molar-refractivity contribution < 1.29 is 15.0 Å². The summed E-state index contributed by atoms with van der Waals surface area (Å²) in [5, 5.41) is 28.3. The number of nitrogens with one attached hydrogen (secondary N) is 2. The van der Waals surface area contributed by atoms with E-state index >= 15 is 0 Å². The Balaban J connectivity index is 2.13. The molecule has 1 heterocycles. The molecule has 1 atom stereocenters. The number of para-hydroxylation sites is 1. The van der Waals surface area contributed by atoms with Crippen LogP contribution in [0.25, 0.3) is 0 Å². The highest BCUT2D eigenvalue weighted by molar-refractivity contribution is 7.99. The van der Waals surface area contributed by atoms with Crippen LogP contribution in [0.15, 0.2) is 34.1 Å². The Labute approximate surface area is 145 Å². The van der Waals surface area contributed by atoms with Crippen LogP contribution in [0.1, 0.15) is 11.4 Å². The number of urea groups is 1. The number of carbonyl (C=O) groups excluding carboxylic acids is 1. The van der Waals surface area contributed by atoms with Crippen molar-refractivity contribution in [2.75, 3.05) is 25.5 Å². The second-order valence-corrected chi connectivity index (χ2v) is 6.56. The van der Waals surface area contributed by atoms with E-state index in [1.54, 1.807) is 7.05 Å². The zero-order valence-corrected chi connectivity index (χ0v) is 14.7. The van der Waals surface area contributed by atoms with Crippen molar-refractivity contribution in [2.24, 2.45) is 0 Å². The van der Waals surface area contributed by atoms with Crippen LogP contribution in [0.4, 0.5) is 10.5 Å². The largest absolute Gasteiger partial charge is 0.394 e. The molecule has 0 bridgehead atoms. The quantitative estimate of drug-likeness (QED) is 0.638. The average molecular weight is 350 g/mol. The predicted molar refractivity (Wildman–Crippen MR) is 93.4 cm³/mol. The minimum Gasteiger partial charge on any atom is -0.394 e. The number of aliphatic hydroxyl groups is 2. The van der Waals surface area contributed by atoms with E-state index in [1.165, 1.54) is 16.7 Å². The number of aromatic nitrogens is 2. The summed E-state index contributed by atoms with van der Waals surface area (Å²) < 4.78 is 0. The molecule has 0 saturated carbocycles. The lowest BCUT2D eigenvalue weighted by Crippen LogP contribution is -2.38. The summed E-state index contributed by atoms with van der Waals surface area (Å²) in [6.07, 6.45) is -0.957. The topological polar surface area (TPSA) is 101 Å². The van der Waals surface area contributed by atoms with Gasteiger partial charge < -0.3 is 20.4 Å². The molecule has 0 spiro atoms. The molecule has 8 heteroatoms. The summed E-state index contributed by atoms with van der Waals surface area (Å²) >= 11 is 1.53. The second-order valence-electron chi connectivity index (χ2n) is 5.51. The number of aliphatic hydroxyl groups excluding tert-OH is 2. The van der Waals surface area contributed by atoms with Gasteiger partial charge in [-0.05, 0) is 26.0 Å². The van der Waals surface area contributed by atoms with E-state index < -0.39 is 6.10 Å². The molecular weight excluding hydrogens is 328 g/mol. The second kappa shape index (κ2) is 8.18. The molecule has 0 unspecified atom stereocenters. The van der Waals surface area contributed by atoms with Crippen molar-refractivity contribution >= 4 is 23.5 Å². The van der Waals surface area contributed by atoms with Crippen molar-refractivity contribution in [3.63, 3.8) is 0 Å². The van der Waals surface area contributed by atoms with Crippen molar-refractivity contribution in [1.29, 1.82) is 0 Å². The van der Waals surface area contributed by atoms with Crippen molar-refractivity contribution in [3.05, 3.63) is 35.7 Å². The maximum Gasteiger partial charge on any atom is 0.321 e. The average Bonchev–Trinajstić information content (AvgIpc) is 2.88. The van der Waals surface area contributed by atoms with Gasteiger partial charge in [0.05, 0.1) is 35.5 Å². The number of aromatic amines is 1. The highest BCUT2D eigenvalue weighted by Gasteiger charge is 2.16. The van der Waals surface area contributed by atoms with E-state index in [-0.39, 0.29) is 19.2 Å². The number of amides is 2. The Hall–Kier alpha value is -2.03. The summed E-state index contributed by atoms with van der Waals surface area (Å²) in [6.45, 7) is 3.55. The first-order valence-electron chi connectivity index (χ1n) is 7.51. The summed E-state index contributed by atoms with van der Waals surface area (Å²) in [5.41, 5.74) is 2.56. The number of H-pyrrole nitrogens is 1. The highest BCUT2D eigenvalue weighted by atomic mass is 32.2. The summed E-state index contributed by atoms with van der Waals surface area (Å²) in [7, 11) is 1.56. The van der Waals surface area contributed by atoms with Gasteiger partial charge in [-0.1, -0.05) is 23.9 Å². The lowest BCUT2D eigenvalue weighted by atomic mass is 10.3. The Bertz CT molecular complexity index is 685. The highest BCUT2D eigenvalue weighted by Crippen LogP contribution is 2.36. The SMILES string of the molecule is Cc1n[nH]c(C)c1Sc1ccccc1NC(=O)N(C)C[C@H](O)CO. The molecule has 0 fully saturated rings. The predicted octanol–water partition coefficient (Wildman–Crippen LogP) is 1.99. The molecule has 4 N–H and O–H groups in total. The van der Waals surface area contributed by atoms with Gasteiger partial charge in [-0.25, -0.2) is 4.79 Å². The Kier molecular flexibility index (Phi) is 6.24. The molecule has 24 heavy (non-hydrogen) atoms. The fourth-order valence-corrected chi connectivity index (χ4v) is 3.11. The summed E-state index contributed by atoms with van der Waals surface area (Å²) in [5.74, 6) is 0. The monoisotopic (exact) mass is 350 g/mol. The molecule has 2 aromatic rings. The Morgan fingerprint density at radius 3 is 2.75 bits per heavy atom. The molecule has 7 nitrogen and oxygen atoms in total. The molecular formula is C16H22N4O3S. The zero-order valence-electron chi connectivity index (χ0n) is 13.9. The first-order valence-corrected chi connectivity index (χ1v) is 8.33. The van der Waals surface area contributed by atoms with Gasteiger partial charge in [0.25, 0.3) is 0 Å². The first-order chi connectivity index (χ1) is 11.4. The third-order valence-corrected chi connectivity index (χ3v) is 4.82. The lowest BCUT2D eigenvalue weighted by molar-refractivity contribution is 0.0750. The van der Waals surface area contributed by atoms with Crippen LogP contribution < -0.4 is 5.32 Å². The lowest BCUT2D eigenvalue weighted by Gasteiger charge is -2.21. The van der Waals surface area contributed by atoms with Gasteiger partial charge in [-0.3, -0.25) is 5.10 Å². The van der Waals surface area contributed by atoms with Gasteiger partial charge in [0.2, 0.25) is 0 Å². The summed E-state index contributed by atoms with van der Waals surface area (Å²) in [4.78, 5) is 15.5. The number of aryl methyl sites for hydroxylation is 2. The van der Waals surface area contributed by atoms with Gasteiger partial charge in [0.15, 0.2) is 0 Å². The van der Waals surface area contributed by atoms with Gasteiger partial charge in [-0.15, -0.1) is 0 Å². The number of rotatable bonds is 6. The van der Waals surface area contributed by atoms with Crippen LogP contribution in [0.2, 0.25) is 0 Å². The van der Waals surface area contributed by atoms with Crippen LogP contribution >= 0.6 is 11.8 Å². The van der Waals surface area contributed by atoms with E-state index in [4.69, 9.17) is 5.11 Å². The van der Waals surface area contributed by atoms with E-state index in [0.717, 1.165) is 21.2 Å². The minimum atomic E-state index is -0.957. The number of likely N-dealkylation sites (N-methyl/N-ethyl adjacent to an activating group) is 1. The number of hydrogen-bond donors (Lipinski definition) is 4. The van der Waals surface area contributed by atoms with E-state index in [1.807, 2.05) is 38.1 Å². The van der Waals surface area contributed by atoms with Crippen molar-refractivity contribution in [2.45, 2.75) is 29.7 Å². The Morgan fingerprint density at radius 2 is 2.12 bits per heavy atom. The fourth-order valence-electron chi connectivity index (χ4n) is 2.13. The van der Waals surface area contributed by atoms with Gasteiger partial charge >= 0.3 is 6.03 Å². The molecule has 0 saturated heterocycles. The van der Waals surface area contributed by atoms with Crippen molar-refractivity contribution in [3.8, 4) is 0 Å². The number of benzene rings is 1. The van der Waals surface area contributed by atoms with E-state index in [2.05, 4.69) is 15.5 Å². The normalized spacial score (nSPS) is 12.0. The van der Waals surface area contributed by atoms with Gasteiger partial charge in [-0.2, -0.15) is 5.10 Å². The molecule has 2 rings (SSSR count). The van der Waals surface area contributed by atoms with Crippen LogP contribution in [0.3, 0.4) is 0 Å². The molecule has 0 aliphatic carbocycles. The smallest absolute Gasteiger partial charge is 0.321 e. The third-order valence-electron chi connectivity index (χ3n) is 3.44. The molecule has 2 amide bonds. The third kappa shape index (κ3) is 4.50. The fraction of sp³-hybridized carbons (Fsp3) is 0.375. The van der Waals surface area contributed by atoms with Crippen LogP contribution in [-0.2, 0) is 0 Å². The van der Waals surface area contributed by atoms with Gasteiger partial charge in [0.1, 0.15) is 0 Å². The molecule has 0 aliphatic heterocycles. The van der Waals surface area contributed by atoms with E-state index in [9.17, 15) is 9.90 Å². The zero-order chi connectivity index (χ0) is 17.7. The molecule has 1 aromatic carbocycles. The van der Waals surface area contributed by atoms with Crippen LogP contribution in [0, 0.1) is 13.8 Å². The van der Waals surface area contributed by atoms with Crippen molar-refractivity contribution in [1.82, 2.24) is 15.1 Å². The minimum absolute atomic E-state index is 0.0532.